The van der Waals surface area contributed by atoms with Crippen LogP contribution in [-0.2, 0) is 11.3 Å². The van der Waals surface area contributed by atoms with Gasteiger partial charge in [0.1, 0.15) is 5.60 Å². The van der Waals surface area contributed by atoms with Crippen molar-refractivity contribution in [1.82, 2.24) is 0 Å². The molecule has 0 bridgehead atoms. The summed E-state index contributed by atoms with van der Waals surface area (Å²) in [6, 6.07) is 2.67. The Hall–Kier alpha value is -1.59. The van der Waals surface area contributed by atoms with Crippen LogP contribution >= 0.6 is 11.6 Å². The van der Waals surface area contributed by atoms with Crippen LogP contribution in [0.1, 0.15) is 47.1 Å². The maximum absolute atomic E-state index is 12.1. The summed E-state index contributed by atoms with van der Waals surface area (Å²) in [6.45, 7) is 5.03. The summed E-state index contributed by atoms with van der Waals surface area (Å²) in [5, 5.41) is 9.38. The van der Waals surface area contributed by atoms with Crippen molar-refractivity contribution in [2.75, 3.05) is 0 Å². The van der Waals surface area contributed by atoms with Crippen LogP contribution in [0.2, 0.25) is 5.02 Å². The molecule has 104 valence electrons. The zero-order valence-corrected chi connectivity index (χ0v) is 11.7. The number of carboxylic acid groups (broad SMARTS) is 1. The number of ether oxygens (including phenoxy) is 1. The molecule has 1 rings (SSSR count). The summed E-state index contributed by atoms with van der Waals surface area (Å²) in [5.74, 6) is -1.97. The lowest BCUT2D eigenvalue weighted by Crippen LogP contribution is -2.26. The Morgan fingerprint density at radius 2 is 1.95 bits per heavy atom. The van der Waals surface area contributed by atoms with Gasteiger partial charge >= 0.3 is 11.9 Å². The molecule has 1 aromatic carbocycles. The largest absolute Gasteiger partial charge is 0.478 e. The summed E-state index contributed by atoms with van der Waals surface area (Å²) < 4.78 is 5.20. The van der Waals surface area contributed by atoms with E-state index in [1.807, 2.05) is 0 Å². The molecule has 0 unspecified atom stereocenters. The minimum absolute atomic E-state index is 0.0471. The first-order valence-corrected chi connectivity index (χ1v) is 6.03. The zero-order valence-electron chi connectivity index (χ0n) is 11.0. The SMILES string of the molecule is CC(C)(C)OC(=O)c1c(C(=O)O)ccc(Cl)c1CN. The summed E-state index contributed by atoms with van der Waals surface area (Å²) in [5.41, 5.74) is 4.82. The second-order valence-electron chi connectivity index (χ2n) is 4.96. The molecule has 0 amide bonds. The van der Waals surface area contributed by atoms with E-state index >= 15 is 0 Å². The molecule has 0 saturated heterocycles. The van der Waals surface area contributed by atoms with Crippen molar-refractivity contribution >= 4 is 23.5 Å². The van der Waals surface area contributed by atoms with E-state index in [9.17, 15) is 9.59 Å². The van der Waals surface area contributed by atoms with Crippen LogP contribution in [0.4, 0.5) is 0 Å². The number of halogens is 1. The summed E-state index contributed by atoms with van der Waals surface area (Å²) in [4.78, 5) is 23.3. The van der Waals surface area contributed by atoms with Gasteiger partial charge in [0.15, 0.2) is 0 Å². The predicted molar refractivity (Wildman–Crippen MR) is 71.5 cm³/mol. The third-order valence-electron chi connectivity index (χ3n) is 2.29. The number of aromatic carboxylic acids is 1. The first-order valence-electron chi connectivity index (χ1n) is 5.65. The Bertz CT molecular complexity index is 520. The van der Waals surface area contributed by atoms with Crippen molar-refractivity contribution in [2.45, 2.75) is 32.9 Å². The predicted octanol–water partition coefficient (Wildman–Crippen LogP) is 2.45. The molecule has 19 heavy (non-hydrogen) atoms. The van der Waals surface area contributed by atoms with Crippen LogP contribution in [0.15, 0.2) is 12.1 Å². The first kappa shape index (κ1) is 15.5. The molecule has 0 heterocycles. The highest BCUT2D eigenvalue weighted by molar-refractivity contribution is 6.32. The third-order valence-corrected chi connectivity index (χ3v) is 2.65. The first-order chi connectivity index (χ1) is 8.67. The standard InChI is InChI=1S/C13H16ClNO4/c1-13(2,3)19-12(18)10-7(11(16)17)4-5-9(14)8(10)6-15/h4-5H,6,15H2,1-3H3,(H,16,17). The fourth-order valence-corrected chi connectivity index (χ4v) is 1.80. The highest BCUT2D eigenvalue weighted by atomic mass is 35.5. The van der Waals surface area contributed by atoms with Crippen LogP contribution in [0.5, 0.6) is 0 Å². The molecule has 0 aliphatic carbocycles. The van der Waals surface area contributed by atoms with Crippen molar-refractivity contribution in [3.8, 4) is 0 Å². The van der Waals surface area contributed by atoms with Crippen molar-refractivity contribution in [3.63, 3.8) is 0 Å². The highest BCUT2D eigenvalue weighted by Gasteiger charge is 2.26. The minimum atomic E-state index is -1.23. The van der Waals surface area contributed by atoms with Gasteiger partial charge < -0.3 is 15.6 Å². The average molecular weight is 286 g/mol. The van der Waals surface area contributed by atoms with Gasteiger partial charge in [0.2, 0.25) is 0 Å². The van der Waals surface area contributed by atoms with Gasteiger partial charge in [-0.25, -0.2) is 9.59 Å². The van der Waals surface area contributed by atoms with Crippen LogP contribution in [0.3, 0.4) is 0 Å². The van der Waals surface area contributed by atoms with E-state index < -0.39 is 17.5 Å². The molecule has 3 N–H and O–H groups in total. The van der Waals surface area contributed by atoms with Crippen LogP contribution in [0, 0.1) is 0 Å². The molecule has 0 aliphatic rings. The average Bonchev–Trinajstić information content (AvgIpc) is 2.25. The maximum atomic E-state index is 12.1. The number of hydrogen-bond acceptors (Lipinski definition) is 4. The second-order valence-corrected chi connectivity index (χ2v) is 5.37. The number of nitrogens with two attached hydrogens (primary N) is 1. The molecule has 0 aromatic heterocycles. The zero-order chi connectivity index (χ0) is 14.8. The molecule has 0 atom stereocenters. The Labute approximate surface area is 116 Å². The van der Waals surface area contributed by atoms with Gasteiger partial charge in [0, 0.05) is 11.6 Å². The normalized spacial score (nSPS) is 11.2. The molecule has 0 spiro atoms. The molecule has 6 heteroatoms. The number of esters is 1. The van der Waals surface area contributed by atoms with E-state index in [2.05, 4.69) is 0 Å². The van der Waals surface area contributed by atoms with E-state index in [1.54, 1.807) is 20.8 Å². The van der Waals surface area contributed by atoms with Gasteiger partial charge in [-0.15, -0.1) is 0 Å². The number of carbonyl (C=O) groups is 2. The summed E-state index contributed by atoms with van der Waals surface area (Å²) in [6.07, 6.45) is 0. The fraction of sp³-hybridized carbons (Fsp3) is 0.385. The lowest BCUT2D eigenvalue weighted by Gasteiger charge is -2.21. The van der Waals surface area contributed by atoms with Crippen LogP contribution in [0.25, 0.3) is 0 Å². The molecular weight excluding hydrogens is 270 g/mol. The van der Waals surface area contributed by atoms with Crippen LogP contribution < -0.4 is 5.73 Å². The van der Waals surface area contributed by atoms with E-state index in [4.69, 9.17) is 27.2 Å². The van der Waals surface area contributed by atoms with Crippen molar-refractivity contribution < 1.29 is 19.4 Å². The van der Waals surface area contributed by atoms with Gasteiger partial charge in [-0.3, -0.25) is 0 Å². The molecule has 1 aromatic rings. The van der Waals surface area contributed by atoms with E-state index in [0.717, 1.165) is 0 Å². The number of rotatable bonds is 3. The maximum Gasteiger partial charge on any atom is 0.339 e. The second kappa shape index (κ2) is 5.59. The highest BCUT2D eigenvalue weighted by Crippen LogP contribution is 2.26. The van der Waals surface area contributed by atoms with Crippen LogP contribution in [-0.4, -0.2) is 22.6 Å². The number of hydrogen-bond donors (Lipinski definition) is 2. The van der Waals surface area contributed by atoms with Gasteiger partial charge in [-0.2, -0.15) is 0 Å². The van der Waals surface area contributed by atoms with Gasteiger partial charge in [0.25, 0.3) is 0 Å². The number of carbonyl (C=O) groups excluding carboxylic acids is 1. The van der Waals surface area contributed by atoms with Crippen molar-refractivity contribution in [2.24, 2.45) is 5.73 Å². The smallest absolute Gasteiger partial charge is 0.339 e. The molecular formula is C13H16ClNO4. The summed E-state index contributed by atoms with van der Waals surface area (Å²) in [7, 11) is 0. The summed E-state index contributed by atoms with van der Waals surface area (Å²) >= 11 is 5.94. The monoisotopic (exact) mass is 285 g/mol. The molecule has 5 nitrogen and oxygen atoms in total. The third kappa shape index (κ3) is 3.68. The number of benzene rings is 1. The topological polar surface area (TPSA) is 89.6 Å². The number of carboxylic acids is 1. The van der Waals surface area contributed by atoms with Gasteiger partial charge in [-0.05, 0) is 38.5 Å². The van der Waals surface area contributed by atoms with E-state index in [1.165, 1.54) is 12.1 Å². The van der Waals surface area contributed by atoms with Gasteiger partial charge in [0.05, 0.1) is 11.1 Å². The molecule has 0 saturated carbocycles. The van der Waals surface area contributed by atoms with E-state index in [0.29, 0.717) is 0 Å². The van der Waals surface area contributed by atoms with Gasteiger partial charge in [-0.1, -0.05) is 11.6 Å². The Morgan fingerprint density at radius 3 is 2.37 bits per heavy atom. The fourth-order valence-electron chi connectivity index (χ4n) is 1.56. The Balaban J connectivity index is 3.41. The lowest BCUT2D eigenvalue weighted by atomic mass is 10.0. The molecule has 0 aliphatic heterocycles. The minimum Gasteiger partial charge on any atom is -0.478 e. The van der Waals surface area contributed by atoms with Crippen molar-refractivity contribution in [3.05, 3.63) is 33.8 Å². The lowest BCUT2D eigenvalue weighted by molar-refractivity contribution is 0.00646. The molecule has 0 radical (unpaired) electrons. The van der Waals surface area contributed by atoms with E-state index in [-0.39, 0.29) is 28.3 Å². The Morgan fingerprint density at radius 1 is 1.37 bits per heavy atom. The Kier molecular flexibility index (Phi) is 4.55. The molecule has 0 fully saturated rings. The van der Waals surface area contributed by atoms with Crippen molar-refractivity contribution in [1.29, 1.82) is 0 Å². The quantitative estimate of drug-likeness (QED) is 0.833.